The molecule has 0 aromatic rings. The Morgan fingerprint density at radius 2 is 1.00 bits per heavy atom. The third-order valence-corrected chi connectivity index (χ3v) is 4.68. The van der Waals surface area contributed by atoms with Crippen LogP contribution in [0.25, 0.3) is 0 Å². The van der Waals surface area contributed by atoms with Crippen LogP contribution in [0.2, 0.25) is 0 Å². The fourth-order valence-corrected chi connectivity index (χ4v) is 3.05. The first-order valence-electron chi connectivity index (χ1n) is 9.35. The van der Waals surface area contributed by atoms with Crippen LogP contribution in [0.1, 0.15) is 41.5 Å². The van der Waals surface area contributed by atoms with Gasteiger partial charge in [0.1, 0.15) is 0 Å². The van der Waals surface area contributed by atoms with Crippen molar-refractivity contribution in [3.05, 3.63) is 70.3 Å². The van der Waals surface area contributed by atoms with E-state index in [1.165, 1.54) is 14.2 Å². The van der Waals surface area contributed by atoms with Gasteiger partial charge in [-0.2, -0.15) is 0 Å². The number of hydrogen-bond donors (Lipinski definition) is 0. The van der Waals surface area contributed by atoms with Gasteiger partial charge in [-0.1, -0.05) is 53.7 Å². The Hall–Kier alpha value is -2.62. The van der Waals surface area contributed by atoms with Gasteiger partial charge in [-0.25, -0.2) is 0 Å². The van der Waals surface area contributed by atoms with Gasteiger partial charge < -0.3 is 9.47 Å². The quantitative estimate of drug-likeness (QED) is 0.688. The molecule has 0 heterocycles. The predicted octanol–water partition coefficient (Wildman–Crippen LogP) is 5.01. The lowest BCUT2D eigenvalue weighted by Crippen LogP contribution is -2.27. The van der Waals surface area contributed by atoms with Crippen molar-refractivity contribution in [2.75, 3.05) is 14.2 Å². The molecule has 0 N–H and O–H groups in total. The van der Waals surface area contributed by atoms with Gasteiger partial charge in [0, 0.05) is 11.1 Å². The summed E-state index contributed by atoms with van der Waals surface area (Å²) >= 11 is 0. The zero-order chi connectivity index (χ0) is 21.3. The Balaban J connectivity index is 2.55. The molecule has 0 aliphatic heterocycles. The number of ether oxygens (including phenoxy) is 2. The molecule has 0 fully saturated rings. The van der Waals surface area contributed by atoms with Gasteiger partial charge in [0.05, 0.1) is 14.2 Å². The number of methoxy groups -OCH3 is 2. The highest BCUT2D eigenvalue weighted by Gasteiger charge is 2.33. The number of hydrogen-bond acceptors (Lipinski definition) is 4. The molecule has 150 valence electrons. The largest absolute Gasteiger partial charge is 0.492 e. The maximum atomic E-state index is 13.0. The smallest absolute Gasteiger partial charge is 0.261 e. The maximum absolute atomic E-state index is 13.0. The first-order chi connectivity index (χ1) is 12.9. The highest BCUT2D eigenvalue weighted by Crippen LogP contribution is 2.38. The molecule has 4 nitrogen and oxygen atoms in total. The maximum Gasteiger partial charge on any atom is 0.261 e. The van der Waals surface area contributed by atoms with E-state index in [-0.39, 0.29) is 33.9 Å². The van der Waals surface area contributed by atoms with Crippen LogP contribution in [0, 0.1) is 10.8 Å². The second kappa shape index (κ2) is 7.78. The molecule has 0 radical (unpaired) electrons. The number of allylic oxidation sites excluding steroid dienone is 10. The summed E-state index contributed by atoms with van der Waals surface area (Å²) in [6.45, 7) is 12.3. The third-order valence-electron chi connectivity index (χ3n) is 4.68. The van der Waals surface area contributed by atoms with Crippen molar-refractivity contribution in [3.8, 4) is 0 Å². The molecule has 0 saturated heterocycles. The van der Waals surface area contributed by atoms with Crippen LogP contribution in [0.4, 0.5) is 0 Å². The van der Waals surface area contributed by atoms with Crippen molar-refractivity contribution < 1.29 is 19.1 Å². The summed E-state index contributed by atoms with van der Waals surface area (Å²) in [5.74, 6) is 0.304. The van der Waals surface area contributed by atoms with Gasteiger partial charge >= 0.3 is 0 Å². The van der Waals surface area contributed by atoms with Crippen molar-refractivity contribution in [2.24, 2.45) is 10.8 Å². The molecule has 0 aromatic carbocycles. The molecule has 0 unspecified atom stereocenters. The van der Waals surface area contributed by atoms with Crippen LogP contribution in [-0.4, -0.2) is 25.8 Å². The van der Waals surface area contributed by atoms with Crippen LogP contribution in [0.3, 0.4) is 0 Å². The summed E-state index contributed by atoms with van der Waals surface area (Å²) < 4.78 is 10.3. The Kier molecular flexibility index (Phi) is 6.03. The van der Waals surface area contributed by atoms with E-state index in [0.717, 1.165) is 22.3 Å². The molecule has 0 saturated carbocycles. The highest BCUT2D eigenvalue weighted by atomic mass is 16.5. The number of Topliss-reactive ketones (excluding diaryl/α,β-unsaturated/α-hetero) is 2. The van der Waals surface area contributed by atoms with Crippen molar-refractivity contribution >= 4 is 11.6 Å². The van der Waals surface area contributed by atoms with E-state index in [9.17, 15) is 9.59 Å². The van der Waals surface area contributed by atoms with Gasteiger partial charge in [0.15, 0.2) is 17.3 Å². The lowest BCUT2D eigenvalue weighted by Gasteiger charge is -2.31. The van der Waals surface area contributed by atoms with E-state index >= 15 is 0 Å². The fraction of sp³-hybridized carbons (Fsp3) is 0.417. The molecule has 4 heteroatoms. The average Bonchev–Trinajstić information content (AvgIpc) is 2.59. The molecule has 0 amide bonds. The lowest BCUT2D eigenvalue weighted by atomic mass is 9.72. The summed E-state index contributed by atoms with van der Waals surface area (Å²) in [7, 11) is 2.92. The topological polar surface area (TPSA) is 52.6 Å². The van der Waals surface area contributed by atoms with Crippen molar-refractivity contribution in [1.82, 2.24) is 0 Å². The lowest BCUT2D eigenvalue weighted by molar-refractivity contribution is -0.118. The molecular weight excluding hydrogens is 352 g/mol. The average molecular weight is 383 g/mol. The zero-order valence-corrected chi connectivity index (χ0v) is 18.1. The Morgan fingerprint density at radius 3 is 1.32 bits per heavy atom. The minimum atomic E-state index is -0.275. The van der Waals surface area contributed by atoms with Gasteiger partial charge in [-0.15, -0.1) is 0 Å². The van der Waals surface area contributed by atoms with Crippen molar-refractivity contribution in [1.29, 1.82) is 0 Å². The minimum Gasteiger partial charge on any atom is -0.492 e. The standard InChI is InChI=1S/C24H30O4/c1-23(2,3)17-11-15(12-18(21(17)25)24(4,5)6)9-10-16-13-19(27-7)22(26)20(14-16)28-8/h9-14H,1-8H3. The van der Waals surface area contributed by atoms with Gasteiger partial charge in [-0.05, 0) is 46.3 Å². The van der Waals surface area contributed by atoms with E-state index in [2.05, 4.69) is 0 Å². The second-order valence-corrected chi connectivity index (χ2v) is 9.03. The van der Waals surface area contributed by atoms with Crippen molar-refractivity contribution in [3.63, 3.8) is 0 Å². The summed E-state index contributed by atoms with van der Waals surface area (Å²) in [4.78, 5) is 25.1. The fourth-order valence-electron chi connectivity index (χ4n) is 3.05. The van der Waals surface area contributed by atoms with Gasteiger partial charge in [-0.3, -0.25) is 9.59 Å². The van der Waals surface area contributed by atoms with Gasteiger partial charge in [0.2, 0.25) is 0 Å². The van der Waals surface area contributed by atoms with E-state index in [1.807, 2.05) is 65.8 Å². The minimum absolute atomic E-state index is 0.108. The summed E-state index contributed by atoms with van der Waals surface area (Å²) in [5, 5.41) is 0. The van der Waals surface area contributed by atoms with E-state index < -0.39 is 0 Å². The van der Waals surface area contributed by atoms with E-state index in [1.54, 1.807) is 12.2 Å². The number of carbonyl (C=O) groups is 2. The molecule has 0 bridgehead atoms. The van der Waals surface area contributed by atoms with Crippen LogP contribution >= 0.6 is 0 Å². The number of ketones is 2. The molecule has 0 aromatic heterocycles. The molecule has 0 atom stereocenters. The highest BCUT2D eigenvalue weighted by molar-refractivity contribution is 6.12. The van der Waals surface area contributed by atoms with Crippen molar-refractivity contribution in [2.45, 2.75) is 41.5 Å². The monoisotopic (exact) mass is 382 g/mol. The SMILES string of the molecule is COC1=CC(=CC=C2C=C(C(C)(C)C)C(=O)C(C(C)(C)C)=C2)C=C(OC)C1=O. The molecule has 2 aliphatic carbocycles. The first-order valence-corrected chi connectivity index (χ1v) is 9.35. The van der Waals surface area contributed by atoms with Gasteiger partial charge in [0.25, 0.3) is 5.78 Å². The third kappa shape index (κ3) is 4.61. The number of rotatable bonds is 3. The van der Waals surface area contributed by atoms with Crippen LogP contribution in [0.15, 0.2) is 70.3 Å². The predicted molar refractivity (Wildman–Crippen MR) is 111 cm³/mol. The summed E-state index contributed by atoms with van der Waals surface area (Å²) in [5.41, 5.74) is 2.82. The van der Waals surface area contributed by atoms with E-state index in [0.29, 0.717) is 0 Å². The molecule has 0 spiro atoms. The Bertz CT molecular complexity index is 811. The number of carbonyl (C=O) groups excluding carboxylic acids is 2. The second-order valence-electron chi connectivity index (χ2n) is 9.03. The zero-order valence-electron chi connectivity index (χ0n) is 18.1. The molecule has 28 heavy (non-hydrogen) atoms. The Morgan fingerprint density at radius 1 is 0.643 bits per heavy atom. The molecular formula is C24H30O4. The molecule has 2 rings (SSSR count). The van der Waals surface area contributed by atoms with Crippen LogP contribution in [-0.2, 0) is 19.1 Å². The Labute approximate surface area is 168 Å². The van der Waals surface area contributed by atoms with Crippen LogP contribution in [0.5, 0.6) is 0 Å². The van der Waals surface area contributed by atoms with Crippen LogP contribution < -0.4 is 0 Å². The first kappa shape index (κ1) is 21.7. The van der Waals surface area contributed by atoms with E-state index in [4.69, 9.17) is 9.47 Å². The summed E-state index contributed by atoms with van der Waals surface area (Å²) in [6.07, 6.45) is 11.1. The normalized spacial score (nSPS) is 18.1. The summed E-state index contributed by atoms with van der Waals surface area (Å²) in [6, 6.07) is 0. The molecule has 2 aliphatic rings.